The fraction of sp³-hybridized carbons (Fsp3) is 0.167. The van der Waals surface area contributed by atoms with Crippen molar-refractivity contribution < 1.29 is 5.11 Å². The maximum Gasteiger partial charge on any atom is 0.147 e. The summed E-state index contributed by atoms with van der Waals surface area (Å²) >= 11 is 6.33. The third-order valence-corrected chi connectivity index (χ3v) is 2.65. The molecule has 0 aliphatic carbocycles. The summed E-state index contributed by atoms with van der Waals surface area (Å²) in [5.74, 6) is 0.201. The summed E-state index contributed by atoms with van der Waals surface area (Å²) in [5.41, 5.74) is 0.778. The van der Waals surface area contributed by atoms with E-state index in [-0.39, 0.29) is 5.75 Å². The van der Waals surface area contributed by atoms with Crippen molar-refractivity contribution in [2.45, 2.75) is 6.92 Å². The van der Waals surface area contributed by atoms with Crippen LogP contribution in [0.2, 0.25) is 0 Å². The van der Waals surface area contributed by atoms with Crippen LogP contribution in [0.4, 0.5) is 0 Å². The highest BCUT2D eigenvalue weighted by Crippen LogP contribution is 2.32. The maximum atomic E-state index is 9.25. The van der Waals surface area contributed by atoms with Gasteiger partial charge in [-0.3, -0.25) is 4.98 Å². The smallest absolute Gasteiger partial charge is 0.147 e. The van der Waals surface area contributed by atoms with Gasteiger partial charge in [0.25, 0.3) is 0 Å². The van der Waals surface area contributed by atoms with Crippen LogP contribution >= 0.6 is 31.9 Å². The molecule has 0 saturated carbocycles. The van der Waals surface area contributed by atoms with Crippen LogP contribution in [0.15, 0.2) is 15.1 Å². The Morgan fingerprint density at radius 2 is 2.10 bits per heavy atom. The Morgan fingerprint density at radius 1 is 1.50 bits per heavy atom. The molecular weight excluding hydrogens is 262 g/mol. The minimum atomic E-state index is 0.201. The average molecular weight is 267 g/mol. The number of nitrogens with zero attached hydrogens (tertiary/aromatic N) is 1. The lowest BCUT2D eigenvalue weighted by atomic mass is 10.4. The minimum absolute atomic E-state index is 0.201. The van der Waals surface area contributed by atoms with E-state index in [0.717, 1.165) is 5.69 Å². The molecule has 2 nitrogen and oxygen atoms in total. The van der Waals surface area contributed by atoms with E-state index in [0.29, 0.717) is 8.95 Å². The third-order valence-electron chi connectivity index (χ3n) is 1.12. The second-order valence-corrected chi connectivity index (χ2v) is 3.50. The molecule has 0 radical (unpaired) electrons. The van der Waals surface area contributed by atoms with Crippen LogP contribution in [0, 0.1) is 6.92 Å². The summed E-state index contributed by atoms with van der Waals surface area (Å²) in [6.45, 7) is 1.82. The highest BCUT2D eigenvalue weighted by molar-refractivity contribution is 9.11. The van der Waals surface area contributed by atoms with E-state index >= 15 is 0 Å². The van der Waals surface area contributed by atoms with Crippen molar-refractivity contribution in [2.75, 3.05) is 0 Å². The lowest BCUT2D eigenvalue weighted by Crippen LogP contribution is -1.82. The molecule has 0 aromatic carbocycles. The summed E-state index contributed by atoms with van der Waals surface area (Å²) in [6.07, 6.45) is 1.56. The molecule has 10 heavy (non-hydrogen) atoms. The summed E-state index contributed by atoms with van der Waals surface area (Å²) in [4.78, 5) is 3.99. The Hall–Kier alpha value is -0.0900. The quantitative estimate of drug-likeness (QED) is 0.783. The van der Waals surface area contributed by atoms with Crippen molar-refractivity contribution in [3.05, 3.63) is 20.8 Å². The molecule has 0 aliphatic rings. The largest absolute Gasteiger partial charge is 0.505 e. The molecule has 0 spiro atoms. The molecule has 4 heteroatoms. The first-order valence-electron chi connectivity index (χ1n) is 2.62. The molecule has 0 aliphatic heterocycles. The summed E-state index contributed by atoms with van der Waals surface area (Å²) in [5, 5.41) is 9.25. The molecule has 0 unspecified atom stereocenters. The Bertz CT molecular complexity index is 235. The predicted molar refractivity (Wildman–Crippen MR) is 46.0 cm³/mol. The number of halogens is 2. The molecule has 1 N–H and O–H groups in total. The summed E-state index contributed by atoms with van der Waals surface area (Å²) < 4.78 is 1.24. The second-order valence-electron chi connectivity index (χ2n) is 1.85. The van der Waals surface area contributed by atoms with Gasteiger partial charge >= 0.3 is 0 Å². The molecule has 0 saturated heterocycles. The van der Waals surface area contributed by atoms with Gasteiger partial charge in [-0.05, 0) is 38.8 Å². The second kappa shape index (κ2) is 2.88. The molecule has 54 valence electrons. The zero-order valence-corrected chi connectivity index (χ0v) is 8.40. The fourth-order valence-corrected chi connectivity index (χ4v) is 1.43. The van der Waals surface area contributed by atoms with Gasteiger partial charge in [0.15, 0.2) is 0 Å². The minimum Gasteiger partial charge on any atom is -0.505 e. The predicted octanol–water partition coefficient (Wildman–Crippen LogP) is 2.62. The van der Waals surface area contributed by atoms with Crippen LogP contribution in [0.25, 0.3) is 0 Å². The van der Waals surface area contributed by atoms with Crippen LogP contribution < -0.4 is 0 Å². The van der Waals surface area contributed by atoms with Crippen LogP contribution in [-0.4, -0.2) is 10.1 Å². The van der Waals surface area contributed by atoms with E-state index in [1.54, 1.807) is 6.20 Å². The number of aromatic nitrogens is 1. The molecular formula is C6H5Br2NO. The van der Waals surface area contributed by atoms with Gasteiger partial charge in [0.1, 0.15) is 5.75 Å². The van der Waals surface area contributed by atoms with Gasteiger partial charge in [-0.15, -0.1) is 0 Å². The first-order valence-corrected chi connectivity index (χ1v) is 4.21. The normalized spacial score (nSPS) is 9.90. The third kappa shape index (κ3) is 1.32. The number of hydrogen-bond donors (Lipinski definition) is 1. The van der Waals surface area contributed by atoms with E-state index in [4.69, 9.17) is 0 Å². The summed E-state index contributed by atoms with van der Waals surface area (Å²) in [7, 11) is 0. The molecule has 1 aromatic heterocycles. The van der Waals surface area contributed by atoms with Crippen molar-refractivity contribution in [3.8, 4) is 5.75 Å². The van der Waals surface area contributed by atoms with Gasteiger partial charge in [-0.25, -0.2) is 0 Å². The zero-order chi connectivity index (χ0) is 7.72. The standard InChI is InChI=1S/C6H5Br2NO/c1-3-5(8)6(10)4(7)2-9-3/h2H,1H3,(H,9,10). The Labute approximate surface area is 75.5 Å². The van der Waals surface area contributed by atoms with Crippen molar-refractivity contribution in [1.29, 1.82) is 0 Å². The van der Waals surface area contributed by atoms with E-state index in [2.05, 4.69) is 36.8 Å². The first kappa shape index (κ1) is 8.01. The van der Waals surface area contributed by atoms with Crippen LogP contribution in [-0.2, 0) is 0 Å². The Kier molecular flexibility index (Phi) is 2.31. The molecule has 0 amide bonds. The molecule has 1 heterocycles. The summed E-state index contributed by atoms with van der Waals surface area (Å²) in [6, 6.07) is 0. The number of pyridine rings is 1. The Morgan fingerprint density at radius 3 is 2.60 bits per heavy atom. The highest BCUT2D eigenvalue weighted by atomic mass is 79.9. The average Bonchev–Trinajstić information content (AvgIpc) is 1.93. The van der Waals surface area contributed by atoms with Crippen LogP contribution in [0.3, 0.4) is 0 Å². The van der Waals surface area contributed by atoms with Crippen LogP contribution in [0.1, 0.15) is 5.69 Å². The molecule has 0 fully saturated rings. The van der Waals surface area contributed by atoms with Gasteiger partial charge in [-0.2, -0.15) is 0 Å². The van der Waals surface area contributed by atoms with E-state index in [1.165, 1.54) is 0 Å². The number of aromatic hydroxyl groups is 1. The highest BCUT2D eigenvalue weighted by Gasteiger charge is 2.05. The van der Waals surface area contributed by atoms with Gasteiger partial charge in [0.05, 0.1) is 14.6 Å². The first-order chi connectivity index (χ1) is 4.63. The maximum absolute atomic E-state index is 9.25. The molecule has 0 bridgehead atoms. The lowest BCUT2D eigenvalue weighted by Gasteiger charge is -2.00. The van der Waals surface area contributed by atoms with Gasteiger partial charge in [-0.1, -0.05) is 0 Å². The van der Waals surface area contributed by atoms with E-state index < -0.39 is 0 Å². The number of aryl methyl sites for hydroxylation is 1. The van der Waals surface area contributed by atoms with E-state index in [1.807, 2.05) is 6.92 Å². The van der Waals surface area contributed by atoms with Crippen molar-refractivity contribution in [2.24, 2.45) is 0 Å². The SMILES string of the molecule is Cc1ncc(Br)c(O)c1Br. The van der Waals surface area contributed by atoms with Gasteiger partial charge < -0.3 is 5.11 Å². The zero-order valence-electron chi connectivity index (χ0n) is 5.23. The van der Waals surface area contributed by atoms with Gasteiger partial charge in [0, 0.05) is 6.20 Å². The topological polar surface area (TPSA) is 33.1 Å². The Balaban J connectivity index is 3.34. The molecule has 0 atom stereocenters. The van der Waals surface area contributed by atoms with Crippen molar-refractivity contribution in [3.63, 3.8) is 0 Å². The lowest BCUT2D eigenvalue weighted by molar-refractivity contribution is 0.466. The van der Waals surface area contributed by atoms with Crippen molar-refractivity contribution >= 4 is 31.9 Å². The van der Waals surface area contributed by atoms with Gasteiger partial charge in [0.2, 0.25) is 0 Å². The molecule has 1 rings (SSSR count). The van der Waals surface area contributed by atoms with Crippen molar-refractivity contribution in [1.82, 2.24) is 4.98 Å². The fourth-order valence-electron chi connectivity index (χ4n) is 0.548. The number of hydrogen-bond acceptors (Lipinski definition) is 2. The monoisotopic (exact) mass is 265 g/mol. The molecule has 1 aromatic rings. The number of rotatable bonds is 0. The van der Waals surface area contributed by atoms with E-state index in [9.17, 15) is 5.11 Å². The van der Waals surface area contributed by atoms with Crippen LogP contribution in [0.5, 0.6) is 5.75 Å².